The number of carbonyl (C=O) groups excluding carboxylic acids is 1. The molecule has 10 nitrogen and oxygen atoms in total. The highest BCUT2D eigenvalue weighted by Gasteiger charge is 2.12. The van der Waals surface area contributed by atoms with E-state index in [2.05, 4.69) is 32.3 Å². The van der Waals surface area contributed by atoms with E-state index in [9.17, 15) is 15.0 Å². The van der Waals surface area contributed by atoms with Crippen LogP contribution in [-0.2, 0) is 4.79 Å². The number of aliphatic hydroxyl groups excluding tert-OH is 3. The maximum atomic E-state index is 10.7. The van der Waals surface area contributed by atoms with Gasteiger partial charge in [-0.1, -0.05) is 6.92 Å². The van der Waals surface area contributed by atoms with Gasteiger partial charge in [0, 0.05) is 85.0 Å². The van der Waals surface area contributed by atoms with E-state index >= 15 is 0 Å². The van der Waals surface area contributed by atoms with Gasteiger partial charge in [0.05, 0.1) is 6.61 Å². The lowest BCUT2D eigenvalue weighted by Gasteiger charge is -2.30. The summed E-state index contributed by atoms with van der Waals surface area (Å²) in [6, 6.07) is 0. The largest absolute Gasteiger partial charge is 0.396 e. The van der Waals surface area contributed by atoms with Crippen molar-refractivity contribution in [3.05, 3.63) is 0 Å². The molecule has 0 aromatic carbocycles. The van der Waals surface area contributed by atoms with Crippen LogP contribution in [0.15, 0.2) is 0 Å². The summed E-state index contributed by atoms with van der Waals surface area (Å²) < 4.78 is 0. The molecule has 0 spiro atoms. The molecule has 0 aliphatic rings. The first-order chi connectivity index (χ1) is 15.6. The molecule has 32 heavy (non-hydrogen) atoms. The molecule has 10 heteroatoms. The number of carbonyl (C=O) groups is 1. The number of nitrogens with one attached hydrogen (secondary N) is 2. The molecule has 192 valence electrons. The fourth-order valence-corrected chi connectivity index (χ4v) is 3.51. The molecule has 7 N–H and O–H groups in total. The molecule has 0 bridgehead atoms. The molecule has 0 amide bonds. The van der Waals surface area contributed by atoms with Gasteiger partial charge in [0.15, 0.2) is 0 Å². The van der Waals surface area contributed by atoms with E-state index in [1.54, 1.807) is 0 Å². The van der Waals surface area contributed by atoms with Crippen LogP contribution in [0.3, 0.4) is 0 Å². The van der Waals surface area contributed by atoms with Gasteiger partial charge in [-0.05, 0) is 32.4 Å². The lowest BCUT2D eigenvalue weighted by Crippen LogP contribution is -2.44. The quantitative estimate of drug-likeness (QED) is 0.0519. The van der Waals surface area contributed by atoms with Gasteiger partial charge in [0.1, 0.15) is 12.5 Å². The summed E-state index contributed by atoms with van der Waals surface area (Å²) in [4.78, 5) is 17.5. The summed E-state index contributed by atoms with van der Waals surface area (Å²) in [7, 11) is 0. The Kier molecular flexibility index (Phi) is 23.0. The molecule has 0 aliphatic carbocycles. The van der Waals surface area contributed by atoms with Crippen LogP contribution in [0.4, 0.5) is 0 Å². The second-order valence-electron chi connectivity index (χ2n) is 8.08. The van der Waals surface area contributed by atoms with Crippen LogP contribution >= 0.6 is 0 Å². The Morgan fingerprint density at radius 2 is 1.50 bits per heavy atom. The van der Waals surface area contributed by atoms with E-state index in [0.29, 0.717) is 39.0 Å². The first kappa shape index (κ1) is 31.3. The molecular weight excluding hydrogens is 412 g/mol. The van der Waals surface area contributed by atoms with Crippen molar-refractivity contribution >= 4 is 6.29 Å². The highest BCUT2D eigenvalue weighted by atomic mass is 16.3. The normalized spacial score (nSPS) is 12.9. The van der Waals surface area contributed by atoms with Crippen molar-refractivity contribution in [2.45, 2.75) is 38.8 Å². The van der Waals surface area contributed by atoms with E-state index in [1.807, 2.05) is 0 Å². The maximum absolute atomic E-state index is 10.7. The summed E-state index contributed by atoms with van der Waals surface area (Å²) >= 11 is 0. The van der Waals surface area contributed by atoms with Crippen LogP contribution < -0.4 is 16.4 Å². The van der Waals surface area contributed by atoms with Crippen molar-refractivity contribution in [2.24, 2.45) is 5.73 Å². The number of nitrogens with two attached hydrogens (primary N) is 1. The number of nitrogens with zero attached hydrogens (tertiary/aromatic N) is 3. The van der Waals surface area contributed by atoms with Crippen molar-refractivity contribution in [3.8, 4) is 0 Å². The van der Waals surface area contributed by atoms with Crippen molar-refractivity contribution in [1.29, 1.82) is 0 Å². The second-order valence-corrected chi connectivity index (χ2v) is 8.08. The third-order valence-corrected chi connectivity index (χ3v) is 5.34. The predicted octanol–water partition coefficient (Wildman–Crippen LogP) is -1.89. The van der Waals surface area contributed by atoms with E-state index in [1.165, 1.54) is 0 Å². The zero-order valence-electron chi connectivity index (χ0n) is 20.3. The Morgan fingerprint density at radius 3 is 2.06 bits per heavy atom. The average molecular weight is 463 g/mol. The van der Waals surface area contributed by atoms with Crippen LogP contribution in [0.2, 0.25) is 0 Å². The van der Waals surface area contributed by atoms with Crippen molar-refractivity contribution in [1.82, 2.24) is 25.3 Å². The van der Waals surface area contributed by atoms with Gasteiger partial charge < -0.3 is 36.1 Å². The zero-order chi connectivity index (χ0) is 23.9. The minimum absolute atomic E-state index is 0.0885. The van der Waals surface area contributed by atoms with Crippen LogP contribution in [0.5, 0.6) is 0 Å². The Hall–Kier alpha value is -0.690. The monoisotopic (exact) mass is 462 g/mol. The number of aliphatic hydroxyl groups is 3. The highest BCUT2D eigenvalue weighted by Crippen LogP contribution is 1.99. The number of hydrogen-bond acceptors (Lipinski definition) is 10. The van der Waals surface area contributed by atoms with Crippen LogP contribution in [0.1, 0.15) is 32.6 Å². The highest BCUT2D eigenvalue weighted by molar-refractivity contribution is 5.49. The summed E-state index contributed by atoms with van der Waals surface area (Å²) in [5.41, 5.74) is 5.81. The topological polar surface area (TPSA) is 138 Å². The summed E-state index contributed by atoms with van der Waals surface area (Å²) in [6.07, 6.45) is 3.34. The van der Waals surface area contributed by atoms with Crippen LogP contribution in [-0.4, -0.2) is 141 Å². The summed E-state index contributed by atoms with van der Waals surface area (Å²) in [5.74, 6) is 0. The van der Waals surface area contributed by atoms with E-state index in [0.717, 1.165) is 78.0 Å². The Bertz CT molecular complexity index is 409. The molecule has 0 aromatic heterocycles. The first-order valence-electron chi connectivity index (χ1n) is 12.3. The SMILES string of the molecule is CCCN(CCC=O)CCN(CCN)CCN(CCO)CCC(O)NCCNCCCO. The Balaban J connectivity index is 4.31. The minimum Gasteiger partial charge on any atom is -0.396 e. The van der Waals surface area contributed by atoms with Gasteiger partial charge in [0.25, 0.3) is 0 Å². The zero-order valence-corrected chi connectivity index (χ0v) is 20.3. The molecule has 0 rings (SSSR count). The van der Waals surface area contributed by atoms with Gasteiger partial charge in [0.2, 0.25) is 0 Å². The fraction of sp³-hybridized carbons (Fsp3) is 0.955. The van der Waals surface area contributed by atoms with Crippen molar-refractivity contribution in [2.75, 3.05) is 98.3 Å². The van der Waals surface area contributed by atoms with Crippen LogP contribution in [0, 0.1) is 0 Å². The minimum atomic E-state index is -0.587. The molecular formula is C22H50N6O4. The van der Waals surface area contributed by atoms with E-state index < -0.39 is 6.23 Å². The smallest absolute Gasteiger partial charge is 0.121 e. The lowest BCUT2D eigenvalue weighted by molar-refractivity contribution is -0.108. The molecule has 0 saturated carbocycles. The van der Waals surface area contributed by atoms with Gasteiger partial charge in [-0.3, -0.25) is 15.1 Å². The van der Waals surface area contributed by atoms with E-state index in [-0.39, 0.29) is 13.2 Å². The van der Waals surface area contributed by atoms with Gasteiger partial charge in [-0.2, -0.15) is 0 Å². The maximum Gasteiger partial charge on any atom is 0.121 e. The van der Waals surface area contributed by atoms with Crippen molar-refractivity contribution in [3.63, 3.8) is 0 Å². The molecule has 0 saturated heterocycles. The fourth-order valence-electron chi connectivity index (χ4n) is 3.51. The van der Waals surface area contributed by atoms with E-state index in [4.69, 9.17) is 10.8 Å². The Morgan fingerprint density at radius 1 is 0.844 bits per heavy atom. The second kappa shape index (κ2) is 23.5. The molecule has 1 atom stereocenters. The number of rotatable bonds is 25. The van der Waals surface area contributed by atoms with Gasteiger partial charge in [-0.15, -0.1) is 0 Å². The molecule has 0 radical (unpaired) electrons. The van der Waals surface area contributed by atoms with Gasteiger partial charge in [-0.25, -0.2) is 0 Å². The predicted molar refractivity (Wildman–Crippen MR) is 130 cm³/mol. The Labute approximate surface area is 195 Å². The standard InChI is InChI=1S/C22H50N6O4/c1-2-10-26(11-4-20-30)14-16-28(13-6-23)17-15-27(18-21-31)12-5-22(32)25-9-8-24-7-3-19-29/h20,22,24-25,29,31-32H,2-19,21,23H2,1H3. The summed E-state index contributed by atoms with van der Waals surface area (Å²) in [5, 5.41) is 34.6. The molecule has 0 aromatic rings. The third kappa shape index (κ3) is 18.8. The lowest BCUT2D eigenvalue weighted by atomic mass is 10.3. The number of aldehydes is 1. The molecule has 1 unspecified atom stereocenters. The first-order valence-corrected chi connectivity index (χ1v) is 12.3. The third-order valence-electron chi connectivity index (χ3n) is 5.34. The molecule has 0 aliphatic heterocycles. The molecule has 0 fully saturated rings. The number of hydrogen-bond donors (Lipinski definition) is 6. The van der Waals surface area contributed by atoms with Crippen molar-refractivity contribution < 1.29 is 20.1 Å². The molecule has 0 heterocycles. The summed E-state index contributed by atoms with van der Waals surface area (Å²) in [6.45, 7) is 12.5. The van der Waals surface area contributed by atoms with Gasteiger partial charge >= 0.3 is 0 Å². The average Bonchev–Trinajstić information content (AvgIpc) is 2.79. The van der Waals surface area contributed by atoms with Crippen LogP contribution in [0.25, 0.3) is 0 Å².